The first-order chi connectivity index (χ1) is 11.2. The summed E-state index contributed by atoms with van der Waals surface area (Å²) < 4.78 is 0. The number of nitrogens with one attached hydrogen (secondary N) is 1. The lowest BCUT2D eigenvalue weighted by atomic mass is 10.0. The summed E-state index contributed by atoms with van der Waals surface area (Å²) in [6.45, 7) is 2.29. The van der Waals surface area contributed by atoms with Crippen LogP contribution in [0.15, 0.2) is 18.5 Å². The standard InChI is InChI=1S/C17H24N4O2/c22-17(23)8-7-13-10-19-16(11-18-13)20-14-4-3-9-21(12-14)15-5-1-2-6-15/h7-8,10-11,14-15H,1-6,9,12H2,(H,19,20)(H,22,23)/t14-/m1/s1. The normalized spacial score (nSPS) is 23.4. The van der Waals surface area contributed by atoms with E-state index in [-0.39, 0.29) is 0 Å². The molecule has 2 fully saturated rings. The fourth-order valence-corrected chi connectivity index (χ4v) is 3.59. The van der Waals surface area contributed by atoms with E-state index >= 15 is 0 Å². The van der Waals surface area contributed by atoms with Gasteiger partial charge in [-0.25, -0.2) is 9.78 Å². The molecule has 2 N–H and O–H groups in total. The van der Waals surface area contributed by atoms with Crippen LogP contribution in [0.3, 0.4) is 0 Å². The highest BCUT2D eigenvalue weighted by Crippen LogP contribution is 2.26. The monoisotopic (exact) mass is 316 g/mol. The van der Waals surface area contributed by atoms with E-state index in [1.165, 1.54) is 44.7 Å². The number of rotatable bonds is 5. The Hall–Kier alpha value is -1.95. The maximum atomic E-state index is 10.5. The Labute approximate surface area is 136 Å². The van der Waals surface area contributed by atoms with Crippen molar-refractivity contribution in [3.05, 3.63) is 24.2 Å². The molecule has 3 rings (SSSR count). The molecule has 23 heavy (non-hydrogen) atoms. The number of aliphatic carboxylic acids is 1. The van der Waals surface area contributed by atoms with Crippen molar-refractivity contribution < 1.29 is 9.90 Å². The largest absolute Gasteiger partial charge is 0.478 e. The number of anilines is 1. The van der Waals surface area contributed by atoms with Gasteiger partial charge < -0.3 is 10.4 Å². The van der Waals surface area contributed by atoms with Gasteiger partial charge in [-0.05, 0) is 38.3 Å². The Balaban J connectivity index is 1.55. The number of likely N-dealkylation sites (tertiary alicyclic amines) is 1. The summed E-state index contributed by atoms with van der Waals surface area (Å²) in [5, 5.41) is 12.1. The van der Waals surface area contributed by atoms with Crippen LogP contribution in [0.4, 0.5) is 5.82 Å². The second-order valence-electron chi connectivity index (χ2n) is 6.41. The van der Waals surface area contributed by atoms with Crippen molar-refractivity contribution in [1.82, 2.24) is 14.9 Å². The first-order valence-corrected chi connectivity index (χ1v) is 8.44. The van der Waals surface area contributed by atoms with Crippen LogP contribution in [0, 0.1) is 0 Å². The van der Waals surface area contributed by atoms with Gasteiger partial charge in [0, 0.05) is 24.7 Å². The SMILES string of the molecule is O=C(O)C=Cc1cnc(N[C@@H]2CCCN(C3CCCC3)C2)cn1. The summed E-state index contributed by atoms with van der Waals surface area (Å²) in [5.41, 5.74) is 0.550. The molecule has 0 aromatic carbocycles. The number of hydrogen-bond donors (Lipinski definition) is 2. The van der Waals surface area contributed by atoms with Gasteiger partial charge in [0.1, 0.15) is 5.82 Å². The minimum atomic E-state index is -0.983. The molecule has 0 unspecified atom stereocenters. The molecular formula is C17H24N4O2. The molecule has 1 saturated carbocycles. The Morgan fingerprint density at radius 1 is 1.22 bits per heavy atom. The summed E-state index contributed by atoms with van der Waals surface area (Å²) in [4.78, 5) is 21.7. The lowest BCUT2D eigenvalue weighted by Gasteiger charge is -2.37. The highest BCUT2D eigenvalue weighted by molar-refractivity contribution is 5.84. The third kappa shape index (κ3) is 4.51. The molecule has 1 aromatic rings. The summed E-state index contributed by atoms with van der Waals surface area (Å²) >= 11 is 0. The Morgan fingerprint density at radius 3 is 2.74 bits per heavy atom. The molecule has 0 amide bonds. The summed E-state index contributed by atoms with van der Waals surface area (Å²) in [5.74, 6) is -0.223. The van der Waals surface area contributed by atoms with Gasteiger partial charge in [-0.15, -0.1) is 0 Å². The van der Waals surface area contributed by atoms with Crippen molar-refractivity contribution in [3.63, 3.8) is 0 Å². The van der Waals surface area contributed by atoms with Gasteiger partial charge in [-0.3, -0.25) is 9.88 Å². The van der Waals surface area contributed by atoms with Crippen LogP contribution in [0.1, 0.15) is 44.2 Å². The van der Waals surface area contributed by atoms with E-state index in [4.69, 9.17) is 5.11 Å². The summed E-state index contributed by atoms with van der Waals surface area (Å²) in [6.07, 6.45) is 13.6. The number of nitrogens with zero attached hydrogens (tertiary/aromatic N) is 3. The van der Waals surface area contributed by atoms with Gasteiger partial charge in [0.25, 0.3) is 0 Å². The molecule has 1 aliphatic heterocycles. The van der Waals surface area contributed by atoms with Gasteiger partial charge in [0.2, 0.25) is 0 Å². The minimum Gasteiger partial charge on any atom is -0.478 e. The quantitative estimate of drug-likeness (QED) is 0.812. The van der Waals surface area contributed by atoms with Crippen molar-refractivity contribution in [3.8, 4) is 0 Å². The van der Waals surface area contributed by atoms with Crippen LogP contribution in [0.2, 0.25) is 0 Å². The summed E-state index contributed by atoms with van der Waals surface area (Å²) in [6, 6.07) is 1.19. The highest BCUT2D eigenvalue weighted by Gasteiger charge is 2.27. The molecule has 0 spiro atoms. The van der Waals surface area contributed by atoms with E-state index in [2.05, 4.69) is 20.2 Å². The first-order valence-electron chi connectivity index (χ1n) is 8.44. The lowest BCUT2D eigenvalue weighted by Crippen LogP contribution is -2.46. The van der Waals surface area contributed by atoms with Crippen LogP contribution in [0.25, 0.3) is 6.08 Å². The zero-order chi connectivity index (χ0) is 16.1. The third-order valence-electron chi connectivity index (χ3n) is 4.71. The molecule has 0 radical (unpaired) electrons. The lowest BCUT2D eigenvalue weighted by molar-refractivity contribution is -0.131. The average molecular weight is 316 g/mol. The van der Waals surface area contributed by atoms with Gasteiger partial charge >= 0.3 is 5.97 Å². The van der Waals surface area contributed by atoms with Crippen molar-refractivity contribution in [2.75, 3.05) is 18.4 Å². The Morgan fingerprint density at radius 2 is 2.04 bits per heavy atom. The second-order valence-corrected chi connectivity index (χ2v) is 6.41. The first kappa shape index (κ1) is 15.9. The molecule has 0 bridgehead atoms. The van der Waals surface area contributed by atoms with Crippen LogP contribution in [-0.4, -0.2) is 51.1 Å². The third-order valence-corrected chi connectivity index (χ3v) is 4.71. The average Bonchev–Trinajstić information content (AvgIpc) is 3.09. The van der Waals surface area contributed by atoms with E-state index in [0.29, 0.717) is 11.7 Å². The fraction of sp³-hybridized carbons (Fsp3) is 0.588. The number of aromatic nitrogens is 2. The molecule has 6 heteroatoms. The second kappa shape index (κ2) is 7.55. The van der Waals surface area contributed by atoms with Gasteiger partial charge in [-0.2, -0.15) is 0 Å². The topological polar surface area (TPSA) is 78.3 Å². The van der Waals surface area contributed by atoms with E-state index in [0.717, 1.165) is 30.9 Å². The molecule has 1 saturated heterocycles. The predicted octanol–water partition coefficient (Wildman–Crippen LogP) is 2.39. The van der Waals surface area contributed by atoms with Crippen LogP contribution in [-0.2, 0) is 4.79 Å². The van der Waals surface area contributed by atoms with Crippen molar-refractivity contribution in [2.45, 2.75) is 50.6 Å². The van der Waals surface area contributed by atoms with Crippen molar-refractivity contribution >= 4 is 17.9 Å². The van der Waals surface area contributed by atoms with E-state index in [1.54, 1.807) is 12.4 Å². The van der Waals surface area contributed by atoms with E-state index in [1.807, 2.05) is 0 Å². The van der Waals surface area contributed by atoms with Crippen molar-refractivity contribution in [2.24, 2.45) is 0 Å². The molecule has 1 aliphatic carbocycles. The van der Waals surface area contributed by atoms with Gasteiger partial charge in [0.05, 0.1) is 18.1 Å². The van der Waals surface area contributed by atoms with Crippen LogP contribution < -0.4 is 5.32 Å². The Bertz CT molecular complexity index is 552. The van der Waals surface area contributed by atoms with Crippen LogP contribution in [0.5, 0.6) is 0 Å². The maximum absolute atomic E-state index is 10.5. The van der Waals surface area contributed by atoms with E-state index < -0.39 is 5.97 Å². The fourth-order valence-electron chi connectivity index (χ4n) is 3.59. The molecule has 1 aromatic heterocycles. The number of piperidine rings is 1. The zero-order valence-corrected chi connectivity index (χ0v) is 13.3. The molecule has 2 heterocycles. The molecule has 1 atom stereocenters. The number of carbonyl (C=O) groups is 1. The number of carboxylic acid groups (broad SMARTS) is 1. The van der Waals surface area contributed by atoms with E-state index in [9.17, 15) is 4.79 Å². The molecule has 2 aliphatic rings. The molecular weight excluding hydrogens is 292 g/mol. The van der Waals surface area contributed by atoms with Gasteiger partial charge in [0.15, 0.2) is 0 Å². The molecule has 124 valence electrons. The highest BCUT2D eigenvalue weighted by atomic mass is 16.4. The number of carboxylic acids is 1. The predicted molar refractivity (Wildman–Crippen MR) is 89.2 cm³/mol. The maximum Gasteiger partial charge on any atom is 0.328 e. The van der Waals surface area contributed by atoms with Gasteiger partial charge in [-0.1, -0.05) is 12.8 Å². The van der Waals surface area contributed by atoms with Crippen LogP contribution >= 0.6 is 0 Å². The smallest absolute Gasteiger partial charge is 0.328 e. The zero-order valence-electron chi connectivity index (χ0n) is 13.3. The van der Waals surface area contributed by atoms with Crippen molar-refractivity contribution in [1.29, 1.82) is 0 Å². The Kier molecular flexibility index (Phi) is 5.23. The minimum absolute atomic E-state index is 0.416. The number of hydrogen-bond acceptors (Lipinski definition) is 5. The summed E-state index contributed by atoms with van der Waals surface area (Å²) in [7, 11) is 0. The molecule has 6 nitrogen and oxygen atoms in total.